The van der Waals surface area contributed by atoms with Gasteiger partial charge < -0.3 is 10.3 Å². The molecule has 7 heteroatoms. The fraction of sp³-hybridized carbons (Fsp3) is 0.357. The molecule has 2 aromatic rings. The van der Waals surface area contributed by atoms with Crippen molar-refractivity contribution in [3.8, 4) is 0 Å². The number of aryl methyl sites for hydroxylation is 1. The number of aromatic nitrogens is 1. The zero-order chi connectivity index (χ0) is 15.5. The lowest BCUT2D eigenvalue weighted by Gasteiger charge is -2.20. The highest BCUT2D eigenvalue weighted by Gasteiger charge is 2.22. The number of anilines is 1. The maximum absolute atomic E-state index is 12.4. The van der Waals surface area contributed by atoms with Crippen LogP contribution in [0.5, 0.6) is 0 Å². The van der Waals surface area contributed by atoms with E-state index >= 15 is 0 Å². The smallest absolute Gasteiger partial charge is 0.220 e. The fourth-order valence-electron chi connectivity index (χ4n) is 2.00. The van der Waals surface area contributed by atoms with Crippen LogP contribution < -0.4 is 5.73 Å². The second-order valence-electron chi connectivity index (χ2n) is 4.85. The highest BCUT2D eigenvalue weighted by Crippen LogP contribution is 2.15. The van der Waals surface area contributed by atoms with Gasteiger partial charge in [-0.2, -0.15) is 4.31 Å². The van der Waals surface area contributed by atoms with E-state index in [2.05, 4.69) is 5.16 Å². The number of nitrogen functional groups attached to an aromatic ring is 1. The summed E-state index contributed by atoms with van der Waals surface area (Å²) in [5.41, 5.74) is 7.60. The Morgan fingerprint density at radius 1 is 1.29 bits per heavy atom. The third-order valence-electron chi connectivity index (χ3n) is 3.09. The van der Waals surface area contributed by atoms with Crippen molar-refractivity contribution in [3.05, 3.63) is 47.3 Å². The van der Waals surface area contributed by atoms with E-state index in [1.54, 1.807) is 25.1 Å². The van der Waals surface area contributed by atoms with Crippen molar-refractivity contribution in [2.75, 3.05) is 12.3 Å². The first-order chi connectivity index (χ1) is 9.90. The summed E-state index contributed by atoms with van der Waals surface area (Å²) in [4.78, 5) is 0. The molecule has 2 rings (SSSR count). The van der Waals surface area contributed by atoms with E-state index < -0.39 is 10.0 Å². The molecule has 0 fully saturated rings. The molecule has 0 radical (unpaired) electrons. The molecular weight excluding hydrogens is 290 g/mol. The molecule has 0 bridgehead atoms. The van der Waals surface area contributed by atoms with Crippen molar-refractivity contribution in [3.63, 3.8) is 0 Å². The molecule has 0 saturated heterocycles. The summed E-state index contributed by atoms with van der Waals surface area (Å²) in [6, 6.07) is 8.81. The molecule has 0 aliphatic rings. The van der Waals surface area contributed by atoms with Crippen LogP contribution in [0.25, 0.3) is 0 Å². The van der Waals surface area contributed by atoms with Gasteiger partial charge in [-0.25, -0.2) is 8.42 Å². The first-order valence-corrected chi connectivity index (χ1v) is 8.26. The number of sulfonamides is 1. The van der Waals surface area contributed by atoms with Crippen molar-refractivity contribution in [2.45, 2.75) is 26.1 Å². The van der Waals surface area contributed by atoms with Gasteiger partial charge in [-0.05, 0) is 24.6 Å². The van der Waals surface area contributed by atoms with E-state index in [4.69, 9.17) is 10.3 Å². The van der Waals surface area contributed by atoms with Crippen LogP contribution in [-0.2, 0) is 22.3 Å². The van der Waals surface area contributed by atoms with E-state index in [9.17, 15) is 8.42 Å². The Morgan fingerprint density at radius 3 is 2.48 bits per heavy atom. The van der Waals surface area contributed by atoms with Crippen molar-refractivity contribution in [2.24, 2.45) is 0 Å². The highest BCUT2D eigenvalue weighted by molar-refractivity contribution is 7.88. The summed E-state index contributed by atoms with van der Waals surface area (Å²) >= 11 is 0. The normalized spacial score (nSPS) is 12.0. The average molecular weight is 309 g/mol. The predicted octanol–water partition coefficient (Wildman–Crippen LogP) is 1.92. The first-order valence-electron chi connectivity index (χ1n) is 6.65. The third-order valence-corrected chi connectivity index (χ3v) is 4.93. The lowest BCUT2D eigenvalue weighted by Crippen LogP contribution is -2.31. The minimum Gasteiger partial charge on any atom is -0.399 e. The summed E-state index contributed by atoms with van der Waals surface area (Å²) < 4.78 is 31.2. The lowest BCUT2D eigenvalue weighted by atomic mass is 10.2. The monoisotopic (exact) mass is 309 g/mol. The standard InChI is InChI=1S/C14H19N3O3S/c1-3-17(9-12-4-6-13(15)7-5-12)21(18,19)10-14-8-11(2)20-16-14/h4-8H,3,9-10,15H2,1-2H3. The molecule has 114 valence electrons. The van der Waals surface area contributed by atoms with Crippen LogP contribution in [0.4, 0.5) is 5.69 Å². The van der Waals surface area contributed by atoms with Crippen LogP contribution >= 0.6 is 0 Å². The van der Waals surface area contributed by atoms with Crippen LogP contribution in [0, 0.1) is 6.92 Å². The van der Waals surface area contributed by atoms with Gasteiger partial charge in [0.1, 0.15) is 17.2 Å². The van der Waals surface area contributed by atoms with Crippen molar-refractivity contribution in [1.29, 1.82) is 0 Å². The Hall–Kier alpha value is -1.86. The second kappa shape index (κ2) is 6.28. The fourth-order valence-corrected chi connectivity index (χ4v) is 3.43. The Kier molecular flexibility index (Phi) is 4.64. The largest absolute Gasteiger partial charge is 0.399 e. The molecule has 0 aliphatic heterocycles. The van der Waals surface area contributed by atoms with E-state index in [-0.39, 0.29) is 5.75 Å². The third kappa shape index (κ3) is 4.05. The van der Waals surface area contributed by atoms with Gasteiger partial charge in [0.2, 0.25) is 10.0 Å². The van der Waals surface area contributed by atoms with Crippen LogP contribution in [0.1, 0.15) is 23.9 Å². The Labute approximate surface area is 124 Å². The van der Waals surface area contributed by atoms with E-state index in [0.717, 1.165) is 5.56 Å². The summed E-state index contributed by atoms with van der Waals surface area (Å²) in [5.74, 6) is 0.439. The molecule has 1 heterocycles. The summed E-state index contributed by atoms with van der Waals surface area (Å²) in [7, 11) is -3.44. The molecular formula is C14H19N3O3S. The molecule has 21 heavy (non-hydrogen) atoms. The van der Waals surface area contributed by atoms with Gasteiger partial charge in [-0.1, -0.05) is 24.2 Å². The molecule has 0 unspecified atom stereocenters. The molecule has 6 nitrogen and oxygen atoms in total. The molecule has 1 aromatic carbocycles. The van der Waals surface area contributed by atoms with Gasteiger partial charge in [-0.3, -0.25) is 0 Å². The molecule has 2 N–H and O–H groups in total. The molecule has 0 aliphatic carbocycles. The molecule has 0 amide bonds. The molecule has 1 aromatic heterocycles. The predicted molar refractivity (Wildman–Crippen MR) is 80.8 cm³/mol. The number of hydrogen-bond donors (Lipinski definition) is 1. The van der Waals surface area contributed by atoms with Gasteiger partial charge >= 0.3 is 0 Å². The van der Waals surface area contributed by atoms with Gasteiger partial charge in [0.05, 0.1) is 0 Å². The Bertz CT molecular complexity index is 693. The average Bonchev–Trinajstić information content (AvgIpc) is 2.82. The topological polar surface area (TPSA) is 89.4 Å². The Balaban J connectivity index is 2.13. The minimum atomic E-state index is -3.44. The SMILES string of the molecule is CCN(Cc1ccc(N)cc1)S(=O)(=O)Cc1cc(C)on1. The van der Waals surface area contributed by atoms with E-state index in [1.807, 2.05) is 19.1 Å². The Morgan fingerprint density at radius 2 is 1.95 bits per heavy atom. The van der Waals surface area contributed by atoms with Crippen LogP contribution in [0.2, 0.25) is 0 Å². The van der Waals surface area contributed by atoms with Crippen molar-refractivity contribution < 1.29 is 12.9 Å². The summed E-state index contributed by atoms with van der Waals surface area (Å²) in [6.45, 7) is 4.25. The van der Waals surface area contributed by atoms with E-state index in [1.165, 1.54) is 4.31 Å². The molecule has 0 atom stereocenters. The number of hydrogen-bond acceptors (Lipinski definition) is 5. The number of nitrogens with two attached hydrogens (primary N) is 1. The maximum Gasteiger partial charge on any atom is 0.220 e. The van der Waals surface area contributed by atoms with Crippen molar-refractivity contribution in [1.82, 2.24) is 9.46 Å². The second-order valence-corrected chi connectivity index (χ2v) is 6.82. The van der Waals surface area contributed by atoms with Crippen LogP contribution in [-0.4, -0.2) is 24.4 Å². The van der Waals surface area contributed by atoms with Gasteiger partial charge in [0.25, 0.3) is 0 Å². The summed E-state index contributed by atoms with van der Waals surface area (Å²) in [5, 5.41) is 3.74. The van der Waals surface area contributed by atoms with Crippen molar-refractivity contribution >= 4 is 15.7 Å². The number of rotatable bonds is 6. The van der Waals surface area contributed by atoms with Gasteiger partial charge in [-0.15, -0.1) is 0 Å². The quantitative estimate of drug-likeness (QED) is 0.823. The first kappa shape index (κ1) is 15.5. The van der Waals surface area contributed by atoms with Crippen LogP contribution in [0.3, 0.4) is 0 Å². The zero-order valence-electron chi connectivity index (χ0n) is 12.1. The zero-order valence-corrected chi connectivity index (χ0v) is 12.9. The minimum absolute atomic E-state index is 0.160. The maximum atomic E-state index is 12.4. The van der Waals surface area contributed by atoms with Crippen LogP contribution in [0.15, 0.2) is 34.9 Å². The number of nitrogens with zero attached hydrogens (tertiary/aromatic N) is 2. The van der Waals surface area contributed by atoms with Gasteiger partial charge in [0, 0.05) is 24.8 Å². The van der Waals surface area contributed by atoms with Gasteiger partial charge in [0.15, 0.2) is 0 Å². The van der Waals surface area contributed by atoms with E-state index in [0.29, 0.717) is 30.2 Å². The number of benzene rings is 1. The lowest BCUT2D eigenvalue weighted by molar-refractivity contribution is 0.389. The molecule has 0 spiro atoms. The summed E-state index contributed by atoms with van der Waals surface area (Å²) in [6.07, 6.45) is 0. The molecule has 0 saturated carbocycles. The highest BCUT2D eigenvalue weighted by atomic mass is 32.2.